The van der Waals surface area contributed by atoms with E-state index in [-0.39, 0.29) is 18.2 Å². The maximum absolute atomic E-state index is 13.3. The molecule has 0 radical (unpaired) electrons. The van der Waals surface area contributed by atoms with Gasteiger partial charge in [0.2, 0.25) is 0 Å². The first kappa shape index (κ1) is 15.5. The Balaban J connectivity index is 2.21. The average molecular weight is 353 g/mol. The number of hydrogen-bond donors (Lipinski definition) is 0. The molecule has 0 aromatic heterocycles. The number of halogens is 2. The van der Waals surface area contributed by atoms with Gasteiger partial charge in [0, 0.05) is 21.7 Å². The fraction of sp³-hybridized carbons (Fsp3) is 0.188. The normalized spacial score (nSPS) is 10.3. The molecule has 0 unspecified atom stereocenters. The maximum Gasteiger partial charge on any atom is 0.159 e. The van der Waals surface area contributed by atoms with Gasteiger partial charge in [-0.25, -0.2) is 4.39 Å². The summed E-state index contributed by atoms with van der Waals surface area (Å²) >= 11 is 3.21. The molecule has 0 aliphatic rings. The second-order valence-corrected chi connectivity index (χ2v) is 5.39. The van der Waals surface area contributed by atoms with Crippen LogP contribution in [-0.2, 0) is 6.61 Å². The van der Waals surface area contributed by atoms with E-state index in [0.29, 0.717) is 21.5 Å². The fourth-order valence-electron chi connectivity index (χ4n) is 1.88. The van der Waals surface area contributed by atoms with E-state index in [9.17, 15) is 9.18 Å². The van der Waals surface area contributed by atoms with Crippen molar-refractivity contribution in [1.29, 1.82) is 0 Å². The summed E-state index contributed by atoms with van der Waals surface area (Å²) in [5.74, 6) is 0.601. The van der Waals surface area contributed by atoms with Crippen molar-refractivity contribution in [2.75, 3.05) is 7.11 Å². The molecule has 0 aliphatic carbocycles. The van der Waals surface area contributed by atoms with E-state index in [1.165, 1.54) is 19.1 Å². The molecule has 2 rings (SSSR count). The van der Waals surface area contributed by atoms with Crippen LogP contribution in [0.4, 0.5) is 4.39 Å². The molecule has 5 heteroatoms. The van der Waals surface area contributed by atoms with E-state index in [1.807, 2.05) is 0 Å². The largest absolute Gasteiger partial charge is 0.496 e. The Morgan fingerprint density at radius 3 is 2.62 bits per heavy atom. The predicted molar refractivity (Wildman–Crippen MR) is 81.4 cm³/mol. The second-order valence-electron chi connectivity index (χ2n) is 4.48. The van der Waals surface area contributed by atoms with Gasteiger partial charge in [-0.3, -0.25) is 4.79 Å². The van der Waals surface area contributed by atoms with Gasteiger partial charge in [-0.2, -0.15) is 0 Å². The number of hydrogen-bond acceptors (Lipinski definition) is 3. The predicted octanol–water partition coefficient (Wildman–Crippen LogP) is 4.38. The number of carbonyl (C=O) groups excluding carboxylic acids is 1. The molecule has 0 aliphatic heterocycles. The fourth-order valence-corrected chi connectivity index (χ4v) is 2.33. The number of ketones is 1. The van der Waals surface area contributed by atoms with E-state index in [2.05, 4.69) is 15.9 Å². The first-order valence-electron chi connectivity index (χ1n) is 6.26. The molecule has 0 saturated carbocycles. The van der Waals surface area contributed by atoms with Crippen LogP contribution in [-0.4, -0.2) is 12.9 Å². The number of benzene rings is 2. The minimum absolute atomic E-state index is 0.0348. The third-order valence-corrected chi connectivity index (χ3v) is 3.38. The van der Waals surface area contributed by atoms with Gasteiger partial charge >= 0.3 is 0 Å². The van der Waals surface area contributed by atoms with Gasteiger partial charge in [0.05, 0.1) is 7.11 Å². The van der Waals surface area contributed by atoms with Crippen LogP contribution in [0.3, 0.4) is 0 Å². The molecule has 0 heterocycles. The molecule has 0 amide bonds. The Bertz CT molecular complexity index is 650. The highest BCUT2D eigenvalue weighted by atomic mass is 79.9. The molecule has 0 N–H and O–H groups in total. The molecule has 0 bridgehead atoms. The van der Waals surface area contributed by atoms with E-state index < -0.39 is 0 Å². The lowest BCUT2D eigenvalue weighted by molar-refractivity contribution is 0.101. The Kier molecular flexibility index (Phi) is 4.96. The van der Waals surface area contributed by atoms with Crippen molar-refractivity contribution in [3.63, 3.8) is 0 Å². The van der Waals surface area contributed by atoms with Crippen molar-refractivity contribution in [2.45, 2.75) is 13.5 Å². The molecule has 0 saturated heterocycles. The Morgan fingerprint density at radius 1 is 1.24 bits per heavy atom. The molecule has 0 atom stereocenters. The minimum atomic E-state index is -0.385. The molecule has 2 aromatic rings. The molecule has 3 nitrogen and oxygen atoms in total. The van der Waals surface area contributed by atoms with Crippen LogP contribution in [0.15, 0.2) is 40.9 Å². The number of methoxy groups -OCH3 is 1. The van der Waals surface area contributed by atoms with Gasteiger partial charge < -0.3 is 9.47 Å². The molecular weight excluding hydrogens is 339 g/mol. The molecule has 0 fully saturated rings. The van der Waals surface area contributed by atoms with Crippen LogP contribution >= 0.6 is 15.9 Å². The molecule has 21 heavy (non-hydrogen) atoms. The summed E-state index contributed by atoms with van der Waals surface area (Å²) in [6, 6.07) is 9.45. The van der Waals surface area contributed by atoms with Crippen molar-refractivity contribution < 1.29 is 18.7 Å². The van der Waals surface area contributed by atoms with Crippen molar-refractivity contribution in [2.24, 2.45) is 0 Å². The Labute approximate surface area is 130 Å². The van der Waals surface area contributed by atoms with Gasteiger partial charge in [-0.15, -0.1) is 0 Å². The highest BCUT2D eigenvalue weighted by Crippen LogP contribution is 2.25. The zero-order valence-corrected chi connectivity index (χ0v) is 13.2. The first-order valence-corrected chi connectivity index (χ1v) is 7.05. The third kappa shape index (κ3) is 4.04. The van der Waals surface area contributed by atoms with E-state index in [0.717, 1.165) is 5.56 Å². The quantitative estimate of drug-likeness (QED) is 0.749. The van der Waals surface area contributed by atoms with Crippen molar-refractivity contribution in [3.8, 4) is 11.5 Å². The molecule has 0 spiro atoms. The van der Waals surface area contributed by atoms with Crippen molar-refractivity contribution in [3.05, 3.63) is 57.8 Å². The van der Waals surface area contributed by atoms with Crippen molar-refractivity contribution in [1.82, 2.24) is 0 Å². The van der Waals surface area contributed by atoms with Crippen LogP contribution in [0.1, 0.15) is 22.8 Å². The highest BCUT2D eigenvalue weighted by molar-refractivity contribution is 9.10. The van der Waals surface area contributed by atoms with Crippen LogP contribution < -0.4 is 9.47 Å². The number of rotatable bonds is 5. The lowest BCUT2D eigenvalue weighted by atomic mass is 10.1. The van der Waals surface area contributed by atoms with Crippen molar-refractivity contribution >= 4 is 21.7 Å². The zero-order chi connectivity index (χ0) is 15.4. The van der Waals surface area contributed by atoms with Gasteiger partial charge in [-0.1, -0.05) is 15.9 Å². The SMILES string of the molecule is COc1ccc(C(C)=O)cc1COc1cc(F)cc(Br)c1. The number of ether oxygens (including phenoxy) is 2. The monoisotopic (exact) mass is 352 g/mol. The molecule has 110 valence electrons. The summed E-state index contributed by atoms with van der Waals surface area (Å²) in [6.07, 6.45) is 0. The van der Waals surface area contributed by atoms with E-state index >= 15 is 0 Å². The Hall–Kier alpha value is -1.88. The Morgan fingerprint density at radius 2 is 2.00 bits per heavy atom. The van der Waals surface area contributed by atoms with Crippen LogP contribution in [0.5, 0.6) is 11.5 Å². The van der Waals surface area contributed by atoms with Gasteiger partial charge in [0.15, 0.2) is 5.78 Å². The molecule has 2 aromatic carbocycles. The summed E-state index contributed by atoms with van der Waals surface area (Å²) in [5, 5.41) is 0. The third-order valence-electron chi connectivity index (χ3n) is 2.92. The lowest BCUT2D eigenvalue weighted by Crippen LogP contribution is -2.02. The summed E-state index contributed by atoms with van der Waals surface area (Å²) in [5.41, 5.74) is 1.31. The standard InChI is InChI=1S/C16H14BrFO3/c1-10(19)11-3-4-16(20-2)12(5-11)9-21-15-7-13(17)6-14(18)8-15/h3-8H,9H2,1-2H3. The van der Waals surface area contributed by atoms with E-state index in [1.54, 1.807) is 31.4 Å². The van der Waals surface area contributed by atoms with Crippen LogP contribution in [0.2, 0.25) is 0 Å². The first-order chi connectivity index (χ1) is 9.99. The smallest absolute Gasteiger partial charge is 0.159 e. The van der Waals surface area contributed by atoms with E-state index in [4.69, 9.17) is 9.47 Å². The highest BCUT2D eigenvalue weighted by Gasteiger charge is 2.09. The maximum atomic E-state index is 13.3. The van der Waals surface area contributed by atoms with Gasteiger partial charge in [-0.05, 0) is 37.3 Å². The number of carbonyl (C=O) groups is 1. The average Bonchev–Trinajstić information content (AvgIpc) is 2.43. The minimum Gasteiger partial charge on any atom is -0.496 e. The zero-order valence-electron chi connectivity index (χ0n) is 11.7. The van der Waals surface area contributed by atoms with Gasteiger partial charge in [0.25, 0.3) is 0 Å². The summed E-state index contributed by atoms with van der Waals surface area (Å²) in [6.45, 7) is 1.68. The van der Waals surface area contributed by atoms with Crippen LogP contribution in [0, 0.1) is 5.82 Å². The second kappa shape index (κ2) is 6.72. The summed E-state index contributed by atoms with van der Waals surface area (Å²) < 4.78 is 24.7. The lowest BCUT2D eigenvalue weighted by Gasteiger charge is -2.12. The van der Waals surface area contributed by atoms with Gasteiger partial charge in [0.1, 0.15) is 23.9 Å². The molecular formula is C16H14BrFO3. The van der Waals surface area contributed by atoms with Crippen LogP contribution in [0.25, 0.3) is 0 Å². The number of Topliss-reactive ketones (excluding diaryl/α,β-unsaturated/α-hetero) is 1. The summed E-state index contributed by atoms with van der Waals surface area (Å²) in [4.78, 5) is 11.4. The topological polar surface area (TPSA) is 35.5 Å². The summed E-state index contributed by atoms with van der Waals surface area (Å²) in [7, 11) is 1.55.